The molecule has 4 aromatic heterocycles. The Morgan fingerprint density at radius 2 is 1.62 bits per heavy atom. The summed E-state index contributed by atoms with van der Waals surface area (Å²) in [7, 11) is -0.440. The van der Waals surface area contributed by atoms with Crippen LogP contribution in [0.3, 0.4) is 0 Å². The predicted molar refractivity (Wildman–Crippen MR) is 139 cm³/mol. The maximum atomic E-state index is 12.2. The van der Waals surface area contributed by atoms with Gasteiger partial charge in [0.1, 0.15) is 0 Å². The normalized spacial score (nSPS) is 10.9. The standard InChI is InChI=1S/C21H21N5O4S.C5H5N/c1-29-18-8-7-15(12-19(18)30-2)14-25-10-4-6-17(25)16-13-20(26-11-5-9-22-26)24-21(23-16)31(3,27)28;1-2-4-6-5-3-1/h4-13H,14H2,1-3H3;1-5H. The number of pyridine rings is 1. The van der Waals surface area contributed by atoms with E-state index >= 15 is 0 Å². The van der Waals surface area contributed by atoms with Crippen molar-refractivity contribution in [3.05, 3.63) is 97.2 Å². The fourth-order valence-corrected chi connectivity index (χ4v) is 4.03. The molecule has 0 N–H and O–H groups in total. The van der Waals surface area contributed by atoms with Gasteiger partial charge in [0.2, 0.25) is 15.0 Å². The fraction of sp³-hybridized carbons (Fsp3) is 0.154. The average Bonchev–Trinajstić information content (AvgIpc) is 3.62. The molecule has 0 spiro atoms. The monoisotopic (exact) mass is 518 g/mol. The van der Waals surface area contributed by atoms with E-state index in [0.717, 1.165) is 17.5 Å². The van der Waals surface area contributed by atoms with Gasteiger partial charge in [-0.15, -0.1) is 0 Å². The van der Waals surface area contributed by atoms with Gasteiger partial charge in [0, 0.05) is 49.9 Å². The van der Waals surface area contributed by atoms with Crippen molar-refractivity contribution in [1.82, 2.24) is 29.3 Å². The highest BCUT2D eigenvalue weighted by Crippen LogP contribution is 2.29. The van der Waals surface area contributed by atoms with E-state index in [2.05, 4.69) is 20.1 Å². The van der Waals surface area contributed by atoms with Crippen molar-refractivity contribution in [2.45, 2.75) is 11.7 Å². The summed E-state index contributed by atoms with van der Waals surface area (Å²) >= 11 is 0. The number of sulfone groups is 1. The number of rotatable bonds is 7. The molecule has 0 fully saturated rings. The molecule has 4 heterocycles. The van der Waals surface area contributed by atoms with Crippen LogP contribution < -0.4 is 9.47 Å². The second-order valence-electron chi connectivity index (χ2n) is 7.85. The smallest absolute Gasteiger partial charge is 0.249 e. The molecular formula is C26H26N6O4S. The van der Waals surface area contributed by atoms with Crippen molar-refractivity contribution in [3.8, 4) is 28.7 Å². The van der Waals surface area contributed by atoms with Crippen LogP contribution in [0.5, 0.6) is 11.5 Å². The number of hydrogen-bond donors (Lipinski definition) is 0. The van der Waals surface area contributed by atoms with Gasteiger partial charge < -0.3 is 14.0 Å². The lowest BCUT2D eigenvalue weighted by Crippen LogP contribution is -2.10. The molecule has 0 unspecified atom stereocenters. The first kappa shape index (κ1) is 25.6. The highest BCUT2D eigenvalue weighted by atomic mass is 32.2. The van der Waals surface area contributed by atoms with Crippen LogP contribution in [0.2, 0.25) is 0 Å². The molecule has 10 nitrogen and oxygen atoms in total. The Morgan fingerprint density at radius 3 is 2.22 bits per heavy atom. The molecule has 190 valence electrons. The zero-order chi connectivity index (χ0) is 26.3. The predicted octanol–water partition coefficient (Wildman–Crippen LogP) is 3.68. The van der Waals surface area contributed by atoms with E-state index in [9.17, 15) is 8.42 Å². The molecule has 1 aromatic carbocycles. The second-order valence-corrected chi connectivity index (χ2v) is 9.76. The Morgan fingerprint density at radius 1 is 0.838 bits per heavy atom. The van der Waals surface area contributed by atoms with Crippen LogP contribution in [0.25, 0.3) is 17.2 Å². The molecule has 0 atom stereocenters. The summed E-state index contributed by atoms with van der Waals surface area (Å²) < 4.78 is 38.6. The minimum absolute atomic E-state index is 0.255. The highest BCUT2D eigenvalue weighted by Gasteiger charge is 2.18. The quantitative estimate of drug-likeness (QED) is 0.300. The Labute approximate surface area is 215 Å². The number of nitrogens with zero attached hydrogens (tertiary/aromatic N) is 6. The molecule has 0 aliphatic heterocycles. The van der Waals surface area contributed by atoms with E-state index in [1.165, 1.54) is 4.68 Å². The van der Waals surface area contributed by atoms with Crippen LogP contribution in [-0.4, -0.2) is 58.2 Å². The third-order valence-electron chi connectivity index (χ3n) is 5.22. The number of ether oxygens (including phenoxy) is 2. The second kappa shape index (κ2) is 11.5. The minimum atomic E-state index is -3.62. The number of aromatic nitrogens is 6. The maximum Gasteiger partial charge on any atom is 0.249 e. The molecule has 0 aliphatic carbocycles. The first-order chi connectivity index (χ1) is 17.9. The molecule has 5 rings (SSSR count). The Hall–Kier alpha value is -4.51. The molecule has 0 saturated carbocycles. The zero-order valence-corrected chi connectivity index (χ0v) is 21.4. The summed E-state index contributed by atoms with van der Waals surface area (Å²) in [6, 6.07) is 18.6. The van der Waals surface area contributed by atoms with Gasteiger partial charge in [-0.25, -0.2) is 18.1 Å². The van der Waals surface area contributed by atoms with Gasteiger partial charge in [-0.2, -0.15) is 10.1 Å². The Balaban J connectivity index is 0.000000469. The van der Waals surface area contributed by atoms with Gasteiger partial charge in [-0.05, 0) is 48.0 Å². The highest BCUT2D eigenvalue weighted by molar-refractivity contribution is 7.90. The van der Waals surface area contributed by atoms with E-state index in [4.69, 9.17) is 9.47 Å². The van der Waals surface area contributed by atoms with Crippen molar-refractivity contribution in [2.24, 2.45) is 0 Å². The molecule has 37 heavy (non-hydrogen) atoms. The molecule has 0 radical (unpaired) electrons. The fourth-order valence-electron chi connectivity index (χ4n) is 3.50. The third kappa shape index (κ3) is 6.39. The lowest BCUT2D eigenvalue weighted by atomic mass is 10.2. The van der Waals surface area contributed by atoms with Crippen molar-refractivity contribution in [1.29, 1.82) is 0 Å². The van der Waals surface area contributed by atoms with Gasteiger partial charge in [0.05, 0.1) is 25.6 Å². The Bertz CT molecular complexity index is 1520. The summed E-state index contributed by atoms with van der Waals surface area (Å²) in [6.07, 6.45) is 9.78. The summed E-state index contributed by atoms with van der Waals surface area (Å²) in [5.41, 5.74) is 2.21. The van der Waals surface area contributed by atoms with Crippen molar-refractivity contribution in [2.75, 3.05) is 20.5 Å². The van der Waals surface area contributed by atoms with Gasteiger partial charge >= 0.3 is 0 Å². The molecular weight excluding hydrogens is 492 g/mol. The summed E-state index contributed by atoms with van der Waals surface area (Å²) in [4.78, 5) is 12.3. The maximum absolute atomic E-state index is 12.2. The number of benzene rings is 1. The average molecular weight is 519 g/mol. The van der Waals surface area contributed by atoms with Crippen LogP contribution in [0.15, 0.2) is 96.8 Å². The van der Waals surface area contributed by atoms with E-state index in [1.807, 2.05) is 59.3 Å². The van der Waals surface area contributed by atoms with Gasteiger partial charge in [-0.3, -0.25) is 4.98 Å². The Kier molecular flexibility index (Phi) is 7.94. The van der Waals surface area contributed by atoms with Gasteiger partial charge in [0.25, 0.3) is 0 Å². The van der Waals surface area contributed by atoms with E-state index in [-0.39, 0.29) is 5.16 Å². The van der Waals surface area contributed by atoms with Gasteiger partial charge in [0.15, 0.2) is 17.3 Å². The molecule has 11 heteroatoms. The third-order valence-corrected chi connectivity index (χ3v) is 6.07. The van der Waals surface area contributed by atoms with E-state index in [0.29, 0.717) is 29.6 Å². The van der Waals surface area contributed by atoms with E-state index in [1.54, 1.807) is 51.1 Å². The van der Waals surface area contributed by atoms with Crippen LogP contribution in [0.1, 0.15) is 5.56 Å². The van der Waals surface area contributed by atoms with Crippen LogP contribution in [0, 0.1) is 0 Å². The van der Waals surface area contributed by atoms with Crippen molar-refractivity contribution < 1.29 is 17.9 Å². The SMILES string of the molecule is COc1ccc(Cn2cccc2-c2cc(-n3cccn3)nc(S(C)(=O)=O)n2)cc1OC.c1ccncc1. The lowest BCUT2D eigenvalue weighted by Gasteiger charge is -2.13. The summed E-state index contributed by atoms with van der Waals surface area (Å²) in [5.74, 6) is 1.65. The number of methoxy groups -OCH3 is 2. The lowest BCUT2D eigenvalue weighted by molar-refractivity contribution is 0.354. The molecule has 0 saturated heterocycles. The van der Waals surface area contributed by atoms with Crippen LogP contribution >= 0.6 is 0 Å². The minimum Gasteiger partial charge on any atom is -0.493 e. The largest absolute Gasteiger partial charge is 0.493 e. The molecule has 0 bridgehead atoms. The first-order valence-corrected chi connectivity index (χ1v) is 13.1. The van der Waals surface area contributed by atoms with Crippen LogP contribution in [-0.2, 0) is 16.4 Å². The molecule has 5 aromatic rings. The molecule has 0 aliphatic rings. The number of hydrogen-bond acceptors (Lipinski definition) is 8. The first-order valence-electron chi connectivity index (χ1n) is 11.2. The summed E-state index contributed by atoms with van der Waals surface area (Å²) in [6.45, 7) is 0.526. The zero-order valence-electron chi connectivity index (χ0n) is 20.6. The van der Waals surface area contributed by atoms with E-state index < -0.39 is 9.84 Å². The summed E-state index contributed by atoms with van der Waals surface area (Å²) in [5, 5.41) is 3.90. The van der Waals surface area contributed by atoms with Crippen LogP contribution in [0.4, 0.5) is 0 Å². The van der Waals surface area contributed by atoms with Crippen molar-refractivity contribution in [3.63, 3.8) is 0 Å². The van der Waals surface area contributed by atoms with Gasteiger partial charge in [-0.1, -0.05) is 12.1 Å². The topological polar surface area (TPSA) is 114 Å². The van der Waals surface area contributed by atoms with Crippen molar-refractivity contribution >= 4 is 9.84 Å². The molecule has 0 amide bonds.